The van der Waals surface area contributed by atoms with Gasteiger partial charge in [-0.2, -0.15) is 5.26 Å². The normalized spacial score (nSPS) is 19.1. The number of hydrogen-bond acceptors (Lipinski definition) is 2. The van der Waals surface area contributed by atoms with Crippen molar-refractivity contribution >= 4 is 0 Å². The number of hydrogen-bond donors (Lipinski definition) is 1. The summed E-state index contributed by atoms with van der Waals surface area (Å²) in [5.41, 5.74) is -0.0878. The van der Waals surface area contributed by atoms with E-state index in [4.69, 9.17) is 0 Å². The van der Waals surface area contributed by atoms with E-state index in [1.54, 1.807) is 0 Å². The molecule has 0 radical (unpaired) electrons. The largest absolute Gasteiger partial charge is 0.317 e. The predicted octanol–water partition coefficient (Wildman–Crippen LogP) is 2.11. The Labute approximate surface area is 92.9 Å². The summed E-state index contributed by atoms with van der Waals surface area (Å²) < 4.78 is 26.0. The standard InChI is InChI=1S/C12H12F2N2/c13-10-2-1-9(7-11(10)14)12(8-15)3-5-16-6-4-12/h1-2,7,16H,3-6H2. The molecule has 1 aliphatic heterocycles. The smallest absolute Gasteiger partial charge is 0.159 e. The number of piperidine rings is 1. The van der Waals surface area contributed by atoms with Gasteiger partial charge in [-0.25, -0.2) is 8.78 Å². The van der Waals surface area contributed by atoms with Crippen LogP contribution in [-0.2, 0) is 5.41 Å². The van der Waals surface area contributed by atoms with E-state index in [1.165, 1.54) is 6.07 Å². The highest BCUT2D eigenvalue weighted by Crippen LogP contribution is 2.33. The second kappa shape index (κ2) is 4.18. The van der Waals surface area contributed by atoms with E-state index < -0.39 is 17.0 Å². The lowest BCUT2D eigenvalue weighted by atomic mass is 9.74. The van der Waals surface area contributed by atoms with Gasteiger partial charge in [0.25, 0.3) is 0 Å². The van der Waals surface area contributed by atoms with Crippen LogP contribution in [0.3, 0.4) is 0 Å². The zero-order valence-electron chi connectivity index (χ0n) is 8.76. The van der Waals surface area contributed by atoms with Gasteiger partial charge in [0.05, 0.1) is 11.5 Å². The predicted molar refractivity (Wildman–Crippen MR) is 55.8 cm³/mol. The highest BCUT2D eigenvalue weighted by molar-refractivity contribution is 5.34. The molecule has 1 N–H and O–H groups in total. The first-order chi connectivity index (χ1) is 7.68. The van der Waals surface area contributed by atoms with Crippen molar-refractivity contribution in [3.63, 3.8) is 0 Å². The Morgan fingerprint density at radius 1 is 1.19 bits per heavy atom. The summed E-state index contributed by atoms with van der Waals surface area (Å²) in [7, 11) is 0. The minimum Gasteiger partial charge on any atom is -0.317 e. The van der Waals surface area contributed by atoms with E-state index in [-0.39, 0.29) is 0 Å². The first kappa shape index (κ1) is 11.0. The first-order valence-corrected chi connectivity index (χ1v) is 5.25. The van der Waals surface area contributed by atoms with Crippen LogP contribution in [0.25, 0.3) is 0 Å². The highest BCUT2D eigenvalue weighted by Gasteiger charge is 2.34. The molecule has 1 saturated heterocycles. The van der Waals surface area contributed by atoms with Crippen molar-refractivity contribution in [2.75, 3.05) is 13.1 Å². The van der Waals surface area contributed by atoms with E-state index in [0.717, 1.165) is 25.2 Å². The van der Waals surface area contributed by atoms with E-state index >= 15 is 0 Å². The van der Waals surface area contributed by atoms with Gasteiger partial charge < -0.3 is 5.32 Å². The van der Waals surface area contributed by atoms with Gasteiger partial charge in [-0.3, -0.25) is 0 Å². The quantitative estimate of drug-likeness (QED) is 0.790. The zero-order valence-corrected chi connectivity index (χ0v) is 8.76. The highest BCUT2D eigenvalue weighted by atomic mass is 19.2. The molecule has 1 aliphatic rings. The van der Waals surface area contributed by atoms with Crippen LogP contribution in [0.4, 0.5) is 8.78 Å². The van der Waals surface area contributed by atoms with Crippen LogP contribution in [0, 0.1) is 23.0 Å². The third-order valence-electron chi connectivity index (χ3n) is 3.14. The molecule has 1 fully saturated rings. The fraction of sp³-hybridized carbons (Fsp3) is 0.417. The molecule has 16 heavy (non-hydrogen) atoms. The molecule has 0 spiro atoms. The minimum absolute atomic E-state index is 0.579. The van der Waals surface area contributed by atoms with Crippen molar-refractivity contribution in [2.45, 2.75) is 18.3 Å². The molecule has 1 heterocycles. The van der Waals surface area contributed by atoms with Crippen LogP contribution >= 0.6 is 0 Å². The molecule has 2 nitrogen and oxygen atoms in total. The summed E-state index contributed by atoms with van der Waals surface area (Å²) in [5.74, 6) is -1.75. The van der Waals surface area contributed by atoms with E-state index in [1.807, 2.05) is 0 Å². The van der Waals surface area contributed by atoms with Gasteiger partial charge in [-0.1, -0.05) is 6.07 Å². The average molecular weight is 222 g/mol. The summed E-state index contributed by atoms with van der Waals surface area (Å²) in [6.07, 6.45) is 1.27. The summed E-state index contributed by atoms with van der Waals surface area (Å²) >= 11 is 0. The molecule has 0 unspecified atom stereocenters. The van der Waals surface area contributed by atoms with Crippen molar-refractivity contribution in [1.29, 1.82) is 5.26 Å². The Kier molecular flexibility index (Phi) is 2.88. The first-order valence-electron chi connectivity index (χ1n) is 5.25. The third kappa shape index (κ3) is 1.79. The van der Waals surface area contributed by atoms with E-state index in [2.05, 4.69) is 11.4 Å². The van der Waals surface area contributed by atoms with Crippen molar-refractivity contribution in [3.05, 3.63) is 35.4 Å². The molecular formula is C12H12F2N2. The summed E-state index contributed by atoms with van der Waals surface area (Å²) in [5, 5.41) is 12.4. The van der Waals surface area contributed by atoms with Crippen LogP contribution in [0.5, 0.6) is 0 Å². The SMILES string of the molecule is N#CC1(c2ccc(F)c(F)c2)CCNCC1. The Morgan fingerprint density at radius 3 is 2.44 bits per heavy atom. The molecule has 0 atom stereocenters. The van der Waals surface area contributed by atoms with Crippen molar-refractivity contribution in [1.82, 2.24) is 5.32 Å². The fourth-order valence-corrected chi connectivity index (χ4v) is 2.11. The number of nitriles is 1. The Morgan fingerprint density at radius 2 is 1.88 bits per heavy atom. The van der Waals surface area contributed by atoms with E-state index in [9.17, 15) is 14.0 Å². The lowest BCUT2D eigenvalue weighted by molar-refractivity contribution is 0.379. The lowest BCUT2D eigenvalue weighted by Crippen LogP contribution is -2.38. The summed E-state index contributed by atoms with van der Waals surface area (Å²) in [6.45, 7) is 1.46. The number of nitrogens with zero attached hydrogens (tertiary/aromatic N) is 1. The average Bonchev–Trinajstić information content (AvgIpc) is 2.33. The van der Waals surface area contributed by atoms with E-state index in [0.29, 0.717) is 18.4 Å². The second-order valence-corrected chi connectivity index (χ2v) is 4.07. The Hall–Kier alpha value is -1.47. The second-order valence-electron chi connectivity index (χ2n) is 4.07. The van der Waals surface area contributed by atoms with Gasteiger partial charge in [0.15, 0.2) is 11.6 Å². The topological polar surface area (TPSA) is 35.8 Å². The van der Waals surface area contributed by atoms with Gasteiger partial charge in [-0.05, 0) is 43.6 Å². The molecule has 1 aromatic rings. The maximum absolute atomic E-state index is 13.1. The maximum atomic E-state index is 13.1. The van der Waals surface area contributed by atoms with Gasteiger partial charge >= 0.3 is 0 Å². The molecule has 4 heteroatoms. The third-order valence-corrected chi connectivity index (χ3v) is 3.14. The van der Waals surface area contributed by atoms with Gasteiger partial charge in [0.1, 0.15) is 0 Å². The lowest BCUT2D eigenvalue weighted by Gasteiger charge is -2.31. The molecule has 0 aromatic heterocycles. The molecule has 2 rings (SSSR count). The maximum Gasteiger partial charge on any atom is 0.159 e. The molecule has 1 aromatic carbocycles. The van der Waals surface area contributed by atoms with Crippen molar-refractivity contribution in [3.8, 4) is 6.07 Å². The van der Waals surface area contributed by atoms with Crippen LogP contribution in [0.1, 0.15) is 18.4 Å². The number of nitrogens with one attached hydrogen (secondary N) is 1. The van der Waals surface area contributed by atoms with Crippen LogP contribution in [0.2, 0.25) is 0 Å². The van der Waals surface area contributed by atoms with Gasteiger partial charge in [0, 0.05) is 0 Å². The molecule has 0 saturated carbocycles. The van der Waals surface area contributed by atoms with Crippen LogP contribution in [0.15, 0.2) is 18.2 Å². The van der Waals surface area contributed by atoms with Crippen LogP contribution < -0.4 is 5.32 Å². The molecule has 84 valence electrons. The Bertz CT molecular complexity index is 431. The monoisotopic (exact) mass is 222 g/mol. The molecular weight excluding hydrogens is 210 g/mol. The molecule has 0 bridgehead atoms. The van der Waals surface area contributed by atoms with Crippen molar-refractivity contribution < 1.29 is 8.78 Å². The molecule has 0 amide bonds. The number of rotatable bonds is 1. The van der Waals surface area contributed by atoms with Crippen molar-refractivity contribution in [2.24, 2.45) is 0 Å². The summed E-state index contributed by atoms with van der Waals surface area (Å²) in [4.78, 5) is 0. The number of halogens is 2. The summed E-state index contributed by atoms with van der Waals surface area (Å²) in [6, 6.07) is 5.99. The fourth-order valence-electron chi connectivity index (χ4n) is 2.11. The van der Waals surface area contributed by atoms with Gasteiger partial charge in [-0.15, -0.1) is 0 Å². The number of benzene rings is 1. The minimum atomic E-state index is -0.884. The van der Waals surface area contributed by atoms with Gasteiger partial charge in [0.2, 0.25) is 0 Å². The molecule has 0 aliphatic carbocycles. The Balaban J connectivity index is 2.40. The van der Waals surface area contributed by atoms with Crippen LogP contribution in [-0.4, -0.2) is 13.1 Å². The zero-order chi connectivity index (χ0) is 11.6.